The van der Waals surface area contributed by atoms with Crippen LogP contribution in [-0.2, 0) is 4.79 Å². The fourth-order valence-corrected chi connectivity index (χ4v) is 0. The summed E-state index contributed by atoms with van der Waals surface area (Å²) in [6.07, 6.45) is 0. The number of aliphatic carboxylic acids is 1. The van der Waals surface area contributed by atoms with Crippen molar-refractivity contribution in [3.8, 4) is 0 Å². The topological polar surface area (TPSA) is 204 Å². The van der Waals surface area contributed by atoms with Gasteiger partial charge in [0.15, 0.2) is 0 Å². The molecule has 0 atom stereocenters. The van der Waals surface area contributed by atoms with E-state index in [-0.39, 0.29) is 46.0 Å². The van der Waals surface area contributed by atoms with Crippen LogP contribution in [0.2, 0.25) is 0 Å². The molecule has 0 saturated carbocycles. The van der Waals surface area contributed by atoms with E-state index in [1.54, 1.807) is 0 Å². The maximum absolute atomic E-state index is 9.00. The van der Waals surface area contributed by atoms with Crippen molar-refractivity contribution in [1.29, 1.82) is 0 Å². The third-order valence-corrected chi connectivity index (χ3v) is 0. The van der Waals surface area contributed by atoms with E-state index in [2.05, 4.69) is 11.5 Å². The zero-order valence-electron chi connectivity index (χ0n) is 6.88. The first kappa shape index (κ1) is 41.5. The summed E-state index contributed by atoms with van der Waals surface area (Å²) in [5.41, 5.74) is 8.50. The summed E-state index contributed by atoms with van der Waals surface area (Å²) >= 11 is 0. The molecule has 0 aromatic heterocycles. The van der Waals surface area contributed by atoms with Crippen molar-refractivity contribution in [2.24, 2.45) is 11.5 Å². The number of carboxylic acids is 1. The summed E-state index contributed by atoms with van der Waals surface area (Å²) < 4.78 is 0. The van der Waals surface area contributed by atoms with Crippen LogP contribution in [0.25, 0.3) is 0 Å². The van der Waals surface area contributed by atoms with Crippen LogP contribution in [0, 0.1) is 0 Å². The Balaban J connectivity index is -0.0000000112. The molecule has 9 heteroatoms. The number of hydrogen-bond acceptors (Lipinski definition) is 3. The molecule has 0 bridgehead atoms. The van der Waals surface area contributed by atoms with Crippen LogP contribution >= 0.6 is 0 Å². The first-order valence-corrected chi connectivity index (χ1v) is 1.69. The molecular formula is C3H13N2NaO6. The normalized spacial score (nSPS) is 4.08. The SMILES string of the molecule is CC(=O)[O-].NC(N)=O.O.O.O.[Na+]. The fourth-order valence-electron chi connectivity index (χ4n) is 0. The van der Waals surface area contributed by atoms with E-state index in [0.717, 1.165) is 6.92 Å². The molecule has 0 aliphatic carbocycles. The number of amides is 2. The third-order valence-electron chi connectivity index (χ3n) is 0. The van der Waals surface area contributed by atoms with E-state index in [0.29, 0.717) is 0 Å². The molecule has 0 aliphatic heterocycles. The molecule has 10 N–H and O–H groups in total. The first-order chi connectivity index (χ1) is 3.46. The van der Waals surface area contributed by atoms with Gasteiger partial charge in [-0.3, -0.25) is 0 Å². The van der Waals surface area contributed by atoms with Gasteiger partial charge in [-0.25, -0.2) is 4.79 Å². The second-order valence-electron chi connectivity index (χ2n) is 0.894. The number of rotatable bonds is 0. The van der Waals surface area contributed by atoms with Gasteiger partial charge in [-0.1, -0.05) is 0 Å². The Kier molecular flexibility index (Phi) is 108. The van der Waals surface area contributed by atoms with E-state index in [1.807, 2.05) is 0 Å². The number of carboxylic acid groups (broad SMARTS) is 1. The van der Waals surface area contributed by atoms with Gasteiger partial charge in [0.1, 0.15) is 0 Å². The molecule has 0 saturated heterocycles. The maximum Gasteiger partial charge on any atom is 1.00 e. The quantitative estimate of drug-likeness (QED) is 0.362. The average molecular weight is 196 g/mol. The Labute approximate surface area is 91.1 Å². The van der Waals surface area contributed by atoms with Crippen LogP contribution < -0.4 is 46.1 Å². The van der Waals surface area contributed by atoms with E-state index in [1.165, 1.54) is 0 Å². The van der Waals surface area contributed by atoms with Gasteiger partial charge in [0.25, 0.3) is 0 Å². The first-order valence-electron chi connectivity index (χ1n) is 1.69. The second kappa shape index (κ2) is 31.1. The molecule has 0 aromatic carbocycles. The molecule has 0 radical (unpaired) electrons. The van der Waals surface area contributed by atoms with Gasteiger partial charge in [-0.15, -0.1) is 0 Å². The van der Waals surface area contributed by atoms with Crippen molar-refractivity contribution < 1.29 is 60.7 Å². The molecule has 0 aromatic rings. The smallest absolute Gasteiger partial charge is 0.550 e. The Morgan fingerprint density at radius 3 is 1.08 bits per heavy atom. The van der Waals surface area contributed by atoms with Gasteiger partial charge >= 0.3 is 35.6 Å². The minimum atomic E-state index is -1.08. The fraction of sp³-hybridized carbons (Fsp3) is 0.333. The summed E-state index contributed by atoms with van der Waals surface area (Å²) in [6, 6.07) is -0.833. The molecule has 2 amide bonds. The summed E-state index contributed by atoms with van der Waals surface area (Å²) in [5.74, 6) is -1.08. The standard InChI is InChI=1S/C2H4O2.CH4N2O.Na.3H2O/c1-2(3)4;2-1(3)4;;;;/h1H3,(H,3,4);(H4,2,3,4);;3*1H2/q;;+1;;;/p-1. The van der Waals surface area contributed by atoms with Gasteiger partial charge in [0.2, 0.25) is 0 Å². The van der Waals surface area contributed by atoms with E-state index < -0.39 is 12.0 Å². The minimum absolute atomic E-state index is 0. The predicted octanol–water partition coefficient (Wildman–Crippen LogP) is -7.69. The van der Waals surface area contributed by atoms with Crippen LogP contribution in [0.3, 0.4) is 0 Å². The predicted molar refractivity (Wildman–Crippen MR) is 35.3 cm³/mol. The van der Waals surface area contributed by atoms with Gasteiger partial charge in [0, 0.05) is 5.97 Å². The maximum atomic E-state index is 9.00. The largest absolute Gasteiger partial charge is 1.00 e. The van der Waals surface area contributed by atoms with Crippen molar-refractivity contribution >= 4 is 12.0 Å². The van der Waals surface area contributed by atoms with Crippen LogP contribution in [0.1, 0.15) is 6.92 Å². The molecular weight excluding hydrogens is 183 g/mol. The summed E-state index contributed by atoms with van der Waals surface area (Å²) in [5, 5.41) is 8.89. The molecule has 72 valence electrons. The van der Waals surface area contributed by atoms with E-state index >= 15 is 0 Å². The van der Waals surface area contributed by atoms with Gasteiger partial charge < -0.3 is 37.8 Å². The molecule has 8 nitrogen and oxygen atoms in total. The van der Waals surface area contributed by atoms with Crippen molar-refractivity contribution in [2.45, 2.75) is 6.92 Å². The molecule has 0 spiro atoms. The zero-order valence-corrected chi connectivity index (χ0v) is 8.88. The number of urea groups is 1. The van der Waals surface area contributed by atoms with Crippen molar-refractivity contribution in [2.75, 3.05) is 0 Å². The van der Waals surface area contributed by atoms with Crippen molar-refractivity contribution in [3.05, 3.63) is 0 Å². The Hall–Kier alpha value is -0.380. The molecule has 0 aliphatic rings. The Morgan fingerprint density at radius 2 is 1.08 bits per heavy atom. The minimum Gasteiger partial charge on any atom is -0.550 e. The van der Waals surface area contributed by atoms with Crippen molar-refractivity contribution in [1.82, 2.24) is 0 Å². The number of carbonyl (C=O) groups is 2. The van der Waals surface area contributed by atoms with Crippen LogP contribution in [0.5, 0.6) is 0 Å². The average Bonchev–Trinajstić information content (AvgIpc) is 1.25. The number of nitrogens with two attached hydrogens (primary N) is 2. The molecule has 0 rings (SSSR count). The molecule has 0 heterocycles. The van der Waals surface area contributed by atoms with Crippen molar-refractivity contribution in [3.63, 3.8) is 0 Å². The number of hydrogen-bond donors (Lipinski definition) is 2. The summed E-state index contributed by atoms with van der Waals surface area (Å²) in [6.45, 7) is 0.972. The summed E-state index contributed by atoms with van der Waals surface area (Å²) in [4.78, 5) is 17.9. The zero-order chi connectivity index (χ0) is 7.15. The molecule has 0 fully saturated rings. The van der Waals surface area contributed by atoms with E-state index in [9.17, 15) is 0 Å². The van der Waals surface area contributed by atoms with Crippen LogP contribution in [0.4, 0.5) is 4.79 Å². The summed E-state index contributed by atoms with van der Waals surface area (Å²) in [7, 11) is 0. The van der Waals surface area contributed by atoms with Gasteiger partial charge in [-0.05, 0) is 6.92 Å². The Bertz CT molecular complexity index is 78.8. The number of primary amides is 2. The van der Waals surface area contributed by atoms with Crippen LogP contribution in [-0.4, -0.2) is 28.4 Å². The monoisotopic (exact) mass is 196 g/mol. The van der Waals surface area contributed by atoms with E-state index in [4.69, 9.17) is 14.7 Å². The Morgan fingerprint density at radius 1 is 1.08 bits per heavy atom. The van der Waals surface area contributed by atoms with Crippen LogP contribution in [0.15, 0.2) is 0 Å². The van der Waals surface area contributed by atoms with Gasteiger partial charge in [-0.2, -0.15) is 0 Å². The molecule has 12 heavy (non-hydrogen) atoms. The second-order valence-corrected chi connectivity index (χ2v) is 0.894. The molecule has 0 unspecified atom stereocenters. The third kappa shape index (κ3) is 4950. The number of carbonyl (C=O) groups excluding carboxylic acids is 2. The van der Waals surface area contributed by atoms with Gasteiger partial charge in [0.05, 0.1) is 0 Å².